The molecule has 100 valence electrons. The fourth-order valence-electron chi connectivity index (χ4n) is 1.65. The van der Waals surface area contributed by atoms with Crippen LogP contribution in [0.5, 0.6) is 0 Å². The van der Waals surface area contributed by atoms with Crippen LogP contribution in [-0.4, -0.2) is 10.9 Å². The number of carbonyl (C=O) groups excluding carboxylic acids is 1. The monoisotopic (exact) mass is 338 g/mol. The minimum atomic E-state index is -0.0824. The predicted octanol–water partition coefficient (Wildman–Crippen LogP) is 4.01. The van der Waals surface area contributed by atoms with Gasteiger partial charge in [-0.15, -0.1) is 11.3 Å². The van der Waals surface area contributed by atoms with Crippen LogP contribution in [0.15, 0.2) is 28.1 Å². The van der Waals surface area contributed by atoms with Crippen LogP contribution in [0.1, 0.15) is 39.6 Å². The molecule has 0 saturated heterocycles. The zero-order valence-corrected chi connectivity index (χ0v) is 13.4. The van der Waals surface area contributed by atoms with Crippen molar-refractivity contribution in [1.29, 1.82) is 0 Å². The van der Waals surface area contributed by atoms with Crippen molar-refractivity contribution in [2.24, 2.45) is 0 Å². The topological polar surface area (TPSA) is 42.0 Å². The van der Waals surface area contributed by atoms with Crippen LogP contribution in [-0.2, 0) is 0 Å². The summed E-state index contributed by atoms with van der Waals surface area (Å²) in [6.45, 7) is 5.89. The Labute approximate surface area is 125 Å². The van der Waals surface area contributed by atoms with Crippen molar-refractivity contribution in [3.63, 3.8) is 0 Å². The SMILES string of the molecule is Cc1csc(C(C)NC(=O)c2ccc(C)c(Br)c2)n1. The standard InChI is InChI=1S/C14H15BrN2OS/c1-8-4-5-11(6-12(8)15)13(18)17-10(3)14-16-9(2)7-19-14/h4-7,10H,1-3H3,(H,17,18). The summed E-state index contributed by atoms with van der Waals surface area (Å²) < 4.78 is 0.942. The number of nitrogens with zero attached hydrogens (tertiary/aromatic N) is 1. The molecule has 5 heteroatoms. The summed E-state index contributed by atoms with van der Waals surface area (Å²) in [5.74, 6) is -0.0824. The summed E-state index contributed by atoms with van der Waals surface area (Å²) in [5, 5.41) is 5.87. The molecule has 0 aliphatic rings. The Morgan fingerprint density at radius 1 is 1.42 bits per heavy atom. The molecule has 1 N–H and O–H groups in total. The molecule has 0 bridgehead atoms. The molecule has 0 radical (unpaired) electrons. The predicted molar refractivity (Wildman–Crippen MR) is 81.6 cm³/mol. The lowest BCUT2D eigenvalue weighted by Gasteiger charge is -2.11. The lowest BCUT2D eigenvalue weighted by atomic mass is 10.1. The van der Waals surface area contributed by atoms with Gasteiger partial charge in [0.1, 0.15) is 5.01 Å². The van der Waals surface area contributed by atoms with Gasteiger partial charge in [0, 0.05) is 21.1 Å². The molecule has 0 spiro atoms. The Morgan fingerprint density at radius 2 is 2.16 bits per heavy atom. The first-order valence-corrected chi connectivity index (χ1v) is 7.63. The molecule has 1 aromatic heterocycles. The van der Waals surface area contributed by atoms with Crippen molar-refractivity contribution in [3.8, 4) is 0 Å². The molecule has 2 rings (SSSR count). The Hall–Kier alpha value is -1.20. The number of aryl methyl sites for hydroxylation is 2. The van der Waals surface area contributed by atoms with Crippen LogP contribution in [0.4, 0.5) is 0 Å². The van der Waals surface area contributed by atoms with Crippen LogP contribution < -0.4 is 5.32 Å². The highest BCUT2D eigenvalue weighted by atomic mass is 79.9. The maximum absolute atomic E-state index is 12.1. The molecule has 0 saturated carbocycles. The molecule has 1 unspecified atom stereocenters. The maximum atomic E-state index is 12.1. The zero-order valence-electron chi connectivity index (χ0n) is 11.0. The molecule has 2 aromatic rings. The van der Waals surface area contributed by atoms with Gasteiger partial charge in [-0.3, -0.25) is 4.79 Å². The number of aromatic nitrogens is 1. The summed E-state index contributed by atoms with van der Waals surface area (Å²) >= 11 is 5.00. The van der Waals surface area contributed by atoms with Crippen molar-refractivity contribution >= 4 is 33.2 Å². The second-order valence-corrected chi connectivity index (χ2v) is 6.23. The largest absolute Gasteiger partial charge is 0.343 e. The van der Waals surface area contributed by atoms with Gasteiger partial charge >= 0.3 is 0 Å². The quantitative estimate of drug-likeness (QED) is 0.918. The van der Waals surface area contributed by atoms with E-state index in [4.69, 9.17) is 0 Å². The van der Waals surface area contributed by atoms with Gasteiger partial charge in [-0.2, -0.15) is 0 Å². The van der Waals surface area contributed by atoms with Gasteiger partial charge in [-0.25, -0.2) is 4.98 Å². The summed E-state index contributed by atoms with van der Waals surface area (Å²) in [4.78, 5) is 16.5. The molecule has 0 fully saturated rings. The number of halogens is 1. The number of carbonyl (C=O) groups is 1. The van der Waals surface area contributed by atoms with Crippen LogP contribution in [0.2, 0.25) is 0 Å². The highest BCUT2D eigenvalue weighted by Crippen LogP contribution is 2.20. The lowest BCUT2D eigenvalue weighted by molar-refractivity contribution is 0.0939. The molecule has 1 heterocycles. The number of rotatable bonds is 3. The van der Waals surface area contributed by atoms with Crippen molar-refractivity contribution in [2.75, 3.05) is 0 Å². The average Bonchev–Trinajstić information content (AvgIpc) is 2.79. The molecule has 1 amide bonds. The van der Waals surface area contributed by atoms with Gasteiger partial charge in [0.2, 0.25) is 0 Å². The highest BCUT2D eigenvalue weighted by Gasteiger charge is 2.14. The molecule has 0 aliphatic carbocycles. The Balaban J connectivity index is 2.10. The summed E-state index contributed by atoms with van der Waals surface area (Å²) in [6, 6.07) is 5.52. The zero-order chi connectivity index (χ0) is 14.0. The van der Waals surface area contributed by atoms with Crippen molar-refractivity contribution in [3.05, 3.63) is 49.9 Å². The number of hydrogen-bond acceptors (Lipinski definition) is 3. The first-order chi connectivity index (χ1) is 8.97. The van der Waals surface area contributed by atoms with E-state index in [0.29, 0.717) is 5.56 Å². The van der Waals surface area contributed by atoms with Crippen LogP contribution >= 0.6 is 27.3 Å². The molecule has 0 aliphatic heterocycles. The number of benzene rings is 1. The normalized spacial score (nSPS) is 12.2. The second-order valence-electron chi connectivity index (χ2n) is 4.49. The van der Waals surface area contributed by atoms with E-state index < -0.39 is 0 Å². The summed E-state index contributed by atoms with van der Waals surface area (Å²) in [7, 11) is 0. The van der Waals surface area contributed by atoms with Crippen LogP contribution in [0.3, 0.4) is 0 Å². The van der Waals surface area contributed by atoms with Gasteiger partial charge < -0.3 is 5.32 Å². The van der Waals surface area contributed by atoms with E-state index in [2.05, 4.69) is 26.2 Å². The third-order valence-corrected chi connectivity index (χ3v) is 4.79. The van der Waals surface area contributed by atoms with Gasteiger partial charge in [-0.1, -0.05) is 22.0 Å². The van der Waals surface area contributed by atoms with E-state index in [1.54, 1.807) is 11.3 Å². The van der Waals surface area contributed by atoms with E-state index in [-0.39, 0.29) is 11.9 Å². The average molecular weight is 339 g/mol. The highest BCUT2D eigenvalue weighted by molar-refractivity contribution is 9.10. The van der Waals surface area contributed by atoms with Gasteiger partial charge in [0.15, 0.2) is 0 Å². The maximum Gasteiger partial charge on any atom is 0.251 e. The molecule has 1 aromatic carbocycles. The van der Waals surface area contributed by atoms with Crippen molar-refractivity contribution in [1.82, 2.24) is 10.3 Å². The Bertz CT molecular complexity index is 609. The van der Waals surface area contributed by atoms with Crippen molar-refractivity contribution in [2.45, 2.75) is 26.8 Å². The third-order valence-electron chi connectivity index (χ3n) is 2.79. The molecule has 1 atom stereocenters. The number of nitrogens with one attached hydrogen (secondary N) is 1. The van der Waals surface area contributed by atoms with E-state index >= 15 is 0 Å². The fraction of sp³-hybridized carbons (Fsp3) is 0.286. The van der Waals surface area contributed by atoms with Gasteiger partial charge in [-0.05, 0) is 38.5 Å². The minimum Gasteiger partial charge on any atom is -0.343 e. The fourth-order valence-corrected chi connectivity index (χ4v) is 2.83. The van der Waals surface area contributed by atoms with E-state index in [1.165, 1.54) is 0 Å². The van der Waals surface area contributed by atoms with Gasteiger partial charge in [0.05, 0.1) is 6.04 Å². The second kappa shape index (κ2) is 5.84. The van der Waals surface area contributed by atoms with Gasteiger partial charge in [0.25, 0.3) is 5.91 Å². The minimum absolute atomic E-state index is 0.0775. The first kappa shape index (κ1) is 14.2. The van der Waals surface area contributed by atoms with Crippen LogP contribution in [0.25, 0.3) is 0 Å². The Morgan fingerprint density at radius 3 is 2.74 bits per heavy atom. The molecular weight excluding hydrogens is 324 g/mol. The van der Waals surface area contributed by atoms with Crippen molar-refractivity contribution < 1.29 is 4.79 Å². The Kier molecular flexibility index (Phi) is 4.37. The lowest BCUT2D eigenvalue weighted by Crippen LogP contribution is -2.26. The number of hydrogen-bond donors (Lipinski definition) is 1. The third kappa shape index (κ3) is 3.42. The first-order valence-electron chi connectivity index (χ1n) is 5.96. The van der Waals surface area contributed by atoms with E-state index in [0.717, 1.165) is 20.7 Å². The molecule has 19 heavy (non-hydrogen) atoms. The smallest absolute Gasteiger partial charge is 0.251 e. The van der Waals surface area contributed by atoms with E-state index in [1.807, 2.05) is 44.4 Å². The molecular formula is C14H15BrN2OS. The summed E-state index contributed by atoms with van der Waals surface area (Å²) in [5.41, 5.74) is 2.75. The van der Waals surface area contributed by atoms with E-state index in [9.17, 15) is 4.79 Å². The molecule has 3 nitrogen and oxygen atoms in total. The number of thiazole rings is 1. The van der Waals surface area contributed by atoms with Crippen LogP contribution in [0, 0.1) is 13.8 Å². The summed E-state index contributed by atoms with van der Waals surface area (Å²) in [6.07, 6.45) is 0. The number of amides is 1.